The van der Waals surface area contributed by atoms with E-state index in [1.807, 2.05) is 36.1 Å². The van der Waals surface area contributed by atoms with Gasteiger partial charge in [0.2, 0.25) is 5.91 Å². The fraction of sp³-hybridized carbons (Fsp3) is 0.409. The number of carbonyl (C=O) groups is 1. The van der Waals surface area contributed by atoms with Crippen LogP contribution in [0.3, 0.4) is 0 Å². The summed E-state index contributed by atoms with van der Waals surface area (Å²) in [4.78, 5) is 14.6. The molecule has 0 aliphatic heterocycles. The third-order valence-electron chi connectivity index (χ3n) is 4.52. The van der Waals surface area contributed by atoms with Gasteiger partial charge in [0.05, 0.1) is 13.2 Å². The first-order valence-electron chi connectivity index (χ1n) is 9.56. The molecule has 0 spiro atoms. The zero-order valence-electron chi connectivity index (χ0n) is 15.7. The first-order chi connectivity index (χ1) is 13.2. The lowest BCUT2D eigenvalue weighted by atomic mass is 10.2. The first-order valence-corrected chi connectivity index (χ1v) is 9.56. The van der Waals surface area contributed by atoms with Crippen LogP contribution in [-0.4, -0.2) is 30.1 Å². The van der Waals surface area contributed by atoms with E-state index in [4.69, 9.17) is 9.47 Å². The topological polar surface area (TPSA) is 38.8 Å². The summed E-state index contributed by atoms with van der Waals surface area (Å²) >= 11 is 0. The second-order valence-electron chi connectivity index (χ2n) is 6.71. The Morgan fingerprint density at radius 1 is 1.07 bits per heavy atom. The maximum Gasteiger partial charge on any atom is 0.223 e. The average molecular weight is 371 g/mol. The van der Waals surface area contributed by atoms with Crippen LogP contribution in [0.2, 0.25) is 0 Å². The van der Waals surface area contributed by atoms with E-state index in [-0.39, 0.29) is 11.7 Å². The number of benzene rings is 2. The molecule has 0 radical (unpaired) electrons. The summed E-state index contributed by atoms with van der Waals surface area (Å²) in [6, 6.07) is 14.2. The van der Waals surface area contributed by atoms with Crippen molar-refractivity contribution < 1.29 is 18.7 Å². The Hall–Kier alpha value is -2.56. The maximum absolute atomic E-state index is 13.1. The van der Waals surface area contributed by atoms with Crippen molar-refractivity contribution >= 4 is 5.91 Å². The van der Waals surface area contributed by atoms with E-state index in [0.29, 0.717) is 44.4 Å². The highest BCUT2D eigenvalue weighted by Crippen LogP contribution is 2.30. The second kappa shape index (κ2) is 9.40. The number of hydrogen-bond donors (Lipinski definition) is 0. The molecule has 0 bridgehead atoms. The summed E-state index contributed by atoms with van der Waals surface area (Å²) in [6.07, 6.45) is 3.18. The zero-order valence-corrected chi connectivity index (χ0v) is 15.7. The standard InChI is InChI=1S/C22H26FNO3/c1-2-26-20-6-3-4-7-21(20)27-15-5-8-22(25)24(19-13-14-19)16-17-9-11-18(23)12-10-17/h3-4,6-7,9-12,19H,2,5,8,13-16H2,1H3. The van der Waals surface area contributed by atoms with Crippen molar-refractivity contribution in [3.05, 3.63) is 59.9 Å². The van der Waals surface area contributed by atoms with Crippen molar-refractivity contribution in [2.75, 3.05) is 13.2 Å². The fourth-order valence-electron chi connectivity index (χ4n) is 2.99. The Kier molecular flexibility index (Phi) is 6.69. The molecule has 144 valence electrons. The van der Waals surface area contributed by atoms with E-state index in [9.17, 15) is 9.18 Å². The number of rotatable bonds is 10. The van der Waals surface area contributed by atoms with E-state index in [0.717, 1.165) is 24.2 Å². The number of halogens is 1. The number of nitrogens with zero attached hydrogens (tertiary/aromatic N) is 1. The Bertz CT molecular complexity index is 743. The minimum atomic E-state index is -0.257. The van der Waals surface area contributed by atoms with Crippen LogP contribution in [0.25, 0.3) is 0 Å². The van der Waals surface area contributed by atoms with Crippen LogP contribution in [-0.2, 0) is 11.3 Å². The summed E-state index contributed by atoms with van der Waals surface area (Å²) in [7, 11) is 0. The number of carbonyl (C=O) groups excluding carboxylic acids is 1. The quantitative estimate of drug-likeness (QED) is 0.574. The van der Waals surface area contributed by atoms with Gasteiger partial charge in [-0.05, 0) is 56.0 Å². The van der Waals surface area contributed by atoms with E-state index in [1.165, 1.54) is 12.1 Å². The van der Waals surface area contributed by atoms with Gasteiger partial charge in [0.15, 0.2) is 11.5 Å². The monoisotopic (exact) mass is 371 g/mol. The van der Waals surface area contributed by atoms with E-state index in [1.54, 1.807) is 12.1 Å². The van der Waals surface area contributed by atoms with Gasteiger partial charge in [-0.1, -0.05) is 24.3 Å². The molecule has 2 aromatic rings. The molecule has 0 heterocycles. The highest BCUT2D eigenvalue weighted by molar-refractivity contribution is 5.76. The SMILES string of the molecule is CCOc1ccccc1OCCCC(=O)N(Cc1ccc(F)cc1)C1CC1. The molecule has 0 unspecified atom stereocenters. The molecule has 1 aliphatic rings. The van der Waals surface area contributed by atoms with Crippen LogP contribution >= 0.6 is 0 Å². The number of ether oxygens (including phenoxy) is 2. The molecule has 1 fully saturated rings. The largest absolute Gasteiger partial charge is 0.490 e. The molecular weight excluding hydrogens is 345 g/mol. The van der Waals surface area contributed by atoms with Gasteiger partial charge < -0.3 is 14.4 Å². The minimum absolute atomic E-state index is 0.128. The number of para-hydroxylation sites is 2. The Morgan fingerprint density at radius 3 is 2.37 bits per heavy atom. The Morgan fingerprint density at radius 2 is 1.74 bits per heavy atom. The third-order valence-corrected chi connectivity index (χ3v) is 4.52. The smallest absolute Gasteiger partial charge is 0.223 e. The van der Waals surface area contributed by atoms with Crippen LogP contribution in [0.1, 0.15) is 38.2 Å². The molecule has 1 amide bonds. The lowest BCUT2D eigenvalue weighted by molar-refractivity contribution is -0.132. The molecule has 0 saturated heterocycles. The summed E-state index contributed by atoms with van der Waals surface area (Å²) in [5.74, 6) is 1.30. The molecule has 0 N–H and O–H groups in total. The van der Waals surface area contributed by atoms with Crippen LogP contribution in [0.5, 0.6) is 11.5 Å². The van der Waals surface area contributed by atoms with Crippen LogP contribution in [0, 0.1) is 5.82 Å². The van der Waals surface area contributed by atoms with Gasteiger partial charge in [0, 0.05) is 19.0 Å². The molecule has 1 saturated carbocycles. The third kappa shape index (κ3) is 5.71. The van der Waals surface area contributed by atoms with Gasteiger partial charge in [0.1, 0.15) is 5.82 Å². The van der Waals surface area contributed by atoms with Crippen molar-refractivity contribution in [3.63, 3.8) is 0 Å². The van der Waals surface area contributed by atoms with Gasteiger partial charge in [-0.2, -0.15) is 0 Å². The van der Waals surface area contributed by atoms with Crippen molar-refractivity contribution in [1.29, 1.82) is 0 Å². The zero-order chi connectivity index (χ0) is 19.1. The molecule has 3 rings (SSSR count). The van der Waals surface area contributed by atoms with E-state index in [2.05, 4.69) is 0 Å². The molecule has 1 aliphatic carbocycles. The Labute approximate surface area is 159 Å². The summed E-state index contributed by atoms with van der Waals surface area (Å²) in [6.45, 7) is 3.52. The molecule has 4 nitrogen and oxygen atoms in total. The van der Waals surface area contributed by atoms with Gasteiger partial charge in [-0.15, -0.1) is 0 Å². The van der Waals surface area contributed by atoms with Crippen LogP contribution in [0.15, 0.2) is 48.5 Å². The predicted octanol–water partition coefficient (Wildman–Crippen LogP) is 4.57. The fourth-order valence-corrected chi connectivity index (χ4v) is 2.99. The lowest BCUT2D eigenvalue weighted by Gasteiger charge is -2.23. The Balaban J connectivity index is 1.48. The number of amides is 1. The molecule has 27 heavy (non-hydrogen) atoms. The highest BCUT2D eigenvalue weighted by Gasteiger charge is 2.32. The van der Waals surface area contributed by atoms with E-state index >= 15 is 0 Å². The maximum atomic E-state index is 13.1. The second-order valence-corrected chi connectivity index (χ2v) is 6.71. The lowest BCUT2D eigenvalue weighted by Crippen LogP contribution is -2.32. The van der Waals surface area contributed by atoms with Gasteiger partial charge in [-0.25, -0.2) is 4.39 Å². The molecule has 0 atom stereocenters. The van der Waals surface area contributed by atoms with Crippen molar-refractivity contribution in [1.82, 2.24) is 4.90 Å². The van der Waals surface area contributed by atoms with Gasteiger partial charge in [-0.3, -0.25) is 4.79 Å². The molecule has 2 aromatic carbocycles. The van der Waals surface area contributed by atoms with Crippen LogP contribution < -0.4 is 9.47 Å². The normalized spacial score (nSPS) is 13.3. The van der Waals surface area contributed by atoms with Crippen molar-refractivity contribution in [2.45, 2.75) is 45.2 Å². The summed E-state index contributed by atoms with van der Waals surface area (Å²) in [5, 5.41) is 0. The summed E-state index contributed by atoms with van der Waals surface area (Å²) < 4.78 is 24.4. The first kappa shape index (κ1) is 19.2. The molecule has 0 aromatic heterocycles. The molecular formula is C22H26FNO3. The average Bonchev–Trinajstić information content (AvgIpc) is 3.51. The number of hydrogen-bond acceptors (Lipinski definition) is 3. The van der Waals surface area contributed by atoms with Gasteiger partial charge >= 0.3 is 0 Å². The van der Waals surface area contributed by atoms with Crippen molar-refractivity contribution in [3.8, 4) is 11.5 Å². The minimum Gasteiger partial charge on any atom is -0.490 e. The predicted molar refractivity (Wildman–Crippen MR) is 102 cm³/mol. The van der Waals surface area contributed by atoms with E-state index < -0.39 is 0 Å². The highest BCUT2D eigenvalue weighted by atomic mass is 19.1. The van der Waals surface area contributed by atoms with Gasteiger partial charge in [0.25, 0.3) is 0 Å². The molecule has 5 heteroatoms. The van der Waals surface area contributed by atoms with Crippen LogP contribution in [0.4, 0.5) is 4.39 Å². The van der Waals surface area contributed by atoms with Crippen molar-refractivity contribution in [2.24, 2.45) is 0 Å². The summed E-state index contributed by atoms with van der Waals surface area (Å²) in [5.41, 5.74) is 0.957.